The minimum absolute atomic E-state index is 0.860. The van der Waals surface area contributed by atoms with Crippen molar-refractivity contribution in [2.24, 2.45) is 0 Å². The summed E-state index contributed by atoms with van der Waals surface area (Å²) in [6.45, 7) is 6.86. The lowest BCUT2D eigenvalue weighted by atomic mass is 10.2. The molecular formula is C10H12O. The van der Waals surface area contributed by atoms with E-state index in [1.807, 2.05) is 18.2 Å². The summed E-state index contributed by atoms with van der Waals surface area (Å²) in [6.07, 6.45) is 1.08. The molecule has 1 aromatic rings. The van der Waals surface area contributed by atoms with E-state index in [1.165, 1.54) is 5.56 Å². The predicted octanol–water partition coefficient (Wildman–Crippen LogP) is 2.42. The van der Waals surface area contributed by atoms with Crippen LogP contribution in [0, 0.1) is 0 Å². The van der Waals surface area contributed by atoms with Gasteiger partial charge in [0.15, 0.2) is 0 Å². The SMILES string of the molecule is C=C.c1ccc2c(c1)CCO2. The molecule has 1 aliphatic heterocycles. The molecule has 1 heterocycles. The number of para-hydroxylation sites is 1. The first-order chi connectivity index (χ1) is 5.47. The largest absolute Gasteiger partial charge is 0.493 e. The van der Waals surface area contributed by atoms with E-state index >= 15 is 0 Å². The summed E-state index contributed by atoms with van der Waals surface area (Å²) in [5.74, 6) is 1.07. The molecule has 0 amide bonds. The molecular weight excluding hydrogens is 136 g/mol. The van der Waals surface area contributed by atoms with Gasteiger partial charge in [-0.1, -0.05) is 18.2 Å². The van der Waals surface area contributed by atoms with Gasteiger partial charge in [-0.25, -0.2) is 0 Å². The third kappa shape index (κ3) is 1.61. The van der Waals surface area contributed by atoms with E-state index in [0.717, 1.165) is 18.8 Å². The highest BCUT2D eigenvalue weighted by atomic mass is 16.5. The first kappa shape index (κ1) is 7.86. The van der Waals surface area contributed by atoms with Gasteiger partial charge >= 0.3 is 0 Å². The average molecular weight is 148 g/mol. The fourth-order valence-electron chi connectivity index (χ4n) is 1.12. The fraction of sp³-hybridized carbons (Fsp3) is 0.200. The van der Waals surface area contributed by atoms with Gasteiger partial charge in [0, 0.05) is 6.42 Å². The zero-order valence-corrected chi connectivity index (χ0v) is 6.55. The molecule has 58 valence electrons. The van der Waals surface area contributed by atoms with Crippen LogP contribution in [0.5, 0.6) is 5.75 Å². The van der Waals surface area contributed by atoms with Crippen molar-refractivity contribution < 1.29 is 4.74 Å². The number of hydrogen-bond acceptors (Lipinski definition) is 1. The monoisotopic (exact) mass is 148 g/mol. The van der Waals surface area contributed by atoms with Crippen LogP contribution in [0.25, 0.3) is 0 Å². The van der Waals surface area contributed by atoms with Crippen LogP contribution in [0.15, 0.2) is 37.4 Å². The van der Waals surface area contributed by atoms with Crippen molar-refractivity contribution >= 4 is 0 Å². The average Bonchev–Trinajstić information content (AvgIpc) is 2.55. The summed E-state index contributed by atoms with van der Waals surface area (Å²) in [4.78, 5) is 0. The summed E-state index contributed by atoms with van der Waals surface area (Å²) < 4.78 is 5.30. The molecule has 1 nitrogen and oxygen atoms in total. The van der Waals surface area contributed by atoms with Crippen LogP contribution >= 0.6 is 0 Å². The van der Waals surface area contributed by atoms with E-state index < -0.39 is 0 Å². The third-order valence-electron chi connectivity index (χ3n) is 1.60. The molecule has 0 saturated heterocycles. The van der Waals surface area contributed by atoms with Crippen molar-refractivity contribution in [3.8, 4) is 5.75 Å². The van der Waals surface area contributed by atoms with Gasteiger partial charge in [0.05, 0.1) is 6.61 Å². The van der Waals surface area contributed by atoms with Crippen molar-refractivity contribution in [3.05, 3.63) is 43.0 Å². The number of hydrogen-bond donors (Lipinski definition) is 0. The van der Waals surface area contributed by atoms with E-state index in [2.05, 4.69) is 19.2 Å². The Morgan fingerprint density at radius 2 is 1.91 bits per heavy atom. The van der Waals surface area contributed by atoms with E-state index in [0.29, 0.717) is 0 Å². The van der Waals surface area contributed by atoms with Gasteiger partial charge in [-0.2, -0.15) is 0 Å². The van der Waals surface area contributed by atoms with Crippen LogP contribution in [-0.2, 0) is 6.42 Å². The van der Waals surface area contributed by atoms with Gasteiger partial charge in [-0.3, -0.25) is 0 Å². The molecule has 0 aliphatic carbocycles. The Balaban J connectivity index is 0.000000281. The smallest absolute Gasteiger partial charge is 0.122 e. The zero-order valence-electron chi connectivity index (χ0n) is 6.55. The molecule has 1 heteroatoms. The summed E-state index contributed by atoms with van der Waals surface area (Å²) in [5.41, 5.74) is 1.34. The quantitative estimate of drug-likeness (QED) is 0.513. The maximum absolute atomic E-state index is 5.30. The van der Waals surface area contributed by atoms with Crippen molar-refractivity contribution in [2.45, 2.75) is 6.42 Å². The lowest BCUT2D eigenvalue weighted by molar-refractivity contribution is 0.357. The Kier molecular flexibility index (Phi) is 2.73. The molecule has 0 atom stereocenters. The molecule has 11 heavy (non-hydrogen) atoms. The molecule has 0 bridgehead atoms. The second-order valence-corrected chi connectivity index (χ2v) is 2.21. The van der Waals surface area contributed by atoms with E-state index in [-0.39, 0.29) is 0 Å². The summed E-state index contributed by atoms with van der Waals surface area (Å²) >= 11 is 0. The number of ether oxygens (including phenoxy) is 1. The molecule has 0 saturated carbocycles. The Hall–Kier alpha value is -1.24. The molecule has 0 fully saturated rings. The lowest BCUT2D eigenvalue weighted by Gasteiger charge is -1.93. The van der Waals surface area contributed by atoms with Crippen LogP contribution in [-0.4, -0.2) is 6.61 Å². The fourth-order valence-corrected chi connectivity index (χ4v) is 1.12. The lowest BCUT2D eigenvalue weighted by Crippen LogP contribution is -1.85. The summed E-state index contributed by atoms with van der Waals surface area (Å²) in [6, 6.07) is 8.18. The molecule has 1 aromatic carbocycles. The van der Waals surface area contributed by atoms with Crippen LogP contribution in [0.3, 0.4) is 0 Å². The molecule has 0 N–H and O–H groups in total. The van der Waals surface area contributed by atoms with Crippen LogP contribution in [0.1, 0.15) is 5.56 Å². The third-order valence-corrected chi connectivity index (χ3v) is 1.60. The standard InChI is InChI=1S/C8H8O.C2H4/c1-2-4-8-7(3-1)5-6-9-8;1-2/h1-4H,5-6H2;1-2H2. The van der Waals surface area contributed by atoms with E-state index in [4.69, 9.17) is 4.74 Å². The minimum atomic E-state index is 0.860. The van der Waals surface area contributed by atoms with Crippen LogP contribution in [0.4, 0.5) is 0 Å². The second kappa shape index (κ2) is 3.81. The van der Waals surface area contributed by atoms with Crippen molar-refractivity contribution in [1.82, 2.24) is 0 Å². The Bertz CT molecular complexity index is 207. The number of fused-ring (bicyclic) bond motifs is 1. The van der Waals surface area contributed by atoms with Crippen molar-refractivity contribution in [3.63, 3.8) is 0 Å². The highest BCUT2D eigenvalue weighted by Gasteiger charge is 2.08. The first-order valence-corrected chi connectivity index (χ1v) is 3.67. The van der Waals surface area contributed by atoms with Gasteiger partial charge < -0.3 is 4.74 Å². The van der Waals surface area contributed by atoms with E-state index in [9.17, 15) is 0 Å². The van der Waals surface area contributed by atoms with Crippen LogP contribution < -0.4 is 4.74 Å². The minimum Gasteiger partial charge on any atom is -0.493 e. The first-order valence-electron chi connectivity index (χ1n) is 3.67. The maximum atomic E-state index is 5.30. The molecule has 0 unspecified atom stereocenters. The van der Waals surface area contributed by atoms with Gasteiger partial charge in [0.25, 0.3) is 0 Å². The van der Waals surface area contributed by atoms with Gasteiger partial charge in [0.1, 0.15) is 5.75 Å². The molecule has 1 aliphatic rings. The zero-order chi connectivity index (χ0) is 8.10. The topological polar surface area (TPSA) is 9.23 Å². The molecule has 2 rings (SSSR count). The van der Waals surface area contributed by atoms with Gasteiger partial charge in [-0.15, -0.1) is 13.2 Å². The van der Waals surface area contributed by atoms with Crippen LogP contribution in [0.2, 0.25) is 0 Å². The predicted molar refractivity (Wildman–Crippen MR) is 46.9 cm³/mol. The van der Waals surface area contributed by atoms with E-state index in [1.54, 1.807) is 0 Å². The Morgan fingerprint density at radius 3 is 2.64 bits per heavy atom. The normalized spacial score (nSPS) is 12.4. The number of rotatable bonds is 0. The Labute approximate surface area is 67.3 Å². The van der Waals surface area contributed by atoms with Crippen molar-refractivity contribution in [2.75, 3.05) is 6.61 Å². The second-order valence-electron chi connectivity index (χ2n) is 2.21. The maximum Gasteiger partial charge on any atom is 0.122 e. The van der Waals surface area contributed by atoms with Crippen molar-refractivity contribution in [1.29, 1.82) is 0 Å². The van der Waals surface area contributed by atoms with Gasteiger partial charge in [0.2, 0.25) is 0 Å². The van der Waals surface area contributed by atoms with Gasteiger partial charge in [-0.05, 0) is 11.6 Å². The highest BCUT2D eigenvalue weighted by Crippen LogP contribution is 2.23. The Morgan fingerprint density at radius 1 is 1.18 bits per heavy atom. The number of benzene rings is 1. The highest BCUT2D eigenvalue weighted by molar-refractivity contribution is 5.35. The molecule has 0 radical (unpaired) electrons. The summed E-state index contributed by atoms with van der Waals surface area (Å²) in [7, 11) is 0. The molecule has 0 aromatic heterocycles. The molecule has 0 spiro atoms. The summed E-state index contributed by atoms with van der Waals surface area (Å²) in [5, 5.41) is 0.